The zero-order chi connectivity index (χ0) is 14.7. The number of fused-ring (bicyclic) bond motifs is 1. The lowest BCUT2D eigenvalue weighted by atomic mass is 10.0. The van der Waals surface area contributed by atoms with Gasteiger partial charge in [-0.3, -0.25) is 0 Å². The van der Waals surface area contributed by atoms with E-state index >= 15 is 0 Å². The summed E-state index contributed by atoms with van der Waals surface area (Å²) in [6.07, 6.45) is 2.01. The number of ether oxygens (including phenoxy) is 1. The predicted octanol–water partition coefficient (Wildman–Crippen LogP) is 2.54. The number of benzene rings is 2. The third-order valence-corrected chi connectivity index (χ3v) is 5.34. The molecule has 112 valence electrons. The Bertz CT molecular complexity index is 716. The van der Waals surface area contributed by atoms with Crippen LogP contribution in [0.15, 0.2) is 47.4 Å². The topological polar surface area (TPSA) is 55.4 Å². The van der Waals surface area contributed by atoms with Crippen molar-refractivity contribution in [1.29, 1.82) is 0 Å². The molecule has 0 amide bonds. The number of sulfonamides is 1. The molecule has 5 heteroatoms. The van der Waals surface area contributed by atoms with Crippen molar-refractivity contribution in [3.8, 4) is 0 Å². The highest BCUT2D eigenvalue weighted by molar-refractivity contribution is 7.89. The molecule has 0 spiro atoms. The molecular weight excluding hydrogens is 286 g/mol. The van der Waals surface area contributed by atoms with Crippen molar-refractivity contribution in [2.45, 2.75) is 17.7 Å². The molecular formula is C16H19NO3S. The van der Waals surface area contributed by atoms with Gasteiger partial charge in [0.25, 0.3) is 0 Å². The van der Waals surface area contributed by atoms with Crippen LogP contribution in [0.5, 0.6) is 0 Å². The van der Waals surface area contributed by atoms with Crippen LogP contribution in [0.1, 0.15) is 12.8 Å². The molecule has 0 radical (unpaired) electrons. The SMILES string of the molecule is O=S(=O)(NCC1CCCOC1)c1cccc2ccccc12. The smallest absolute Gasteiger partial charge is 0.241 e. The summed E-state index contributed by atoms with van der Waals surface area (Å²) < 4.78 is 33.2. The Labute approximate surface area is 125 Å². The van der Waals surface area contributed by atoms with Crippen LogP contribution in [0.3, 0.4) is 0 Å². The third-order valence-electron chi connectivity index (χ3n) is 3.86. The van der Waals surface area contributed by atoms with Crippen LogP contribution in [0.25, 0.3) is 10.8 Å². The molecule has 2 aromatic carbocycles. The Morgan fingerprint density at radius 3 is 2.76 bits per heavy atom. The van der Waals surface area contributed by atoms with Crippen LogP contribution in [-0.2, 0) is 14.8 Å². The standard InChI is InChI=1S/C16H19NO3S/c18-21(19,17-11-13-5-4-10-20-12-13)16-9-3-7-14-6-1-2-8-15(14)16/h1-3,6-9,13,17H,4-5,10-12H2. The maximum Gasteiger partial charge on any atom is 0.241 e. The van der Waals surface area contributed by atoms with Gasteiger partial charge in [0.2, 0.25) is 10.0 Å². The van der Waals surface area contributed by atoms with Crippen LogP contribution in [0, 0.1) is 5.92 Å². The van der Waals surface area contributed by atoms with E-state index in [2.05, 4.69) is 4.72 Å². The lowest BCUT2D eigenvalue weighted by Gasteiger charge is -2.22. The van der Waals surface area contributed by atoms with Crippen molar-refractivity contribution in [2.75, 3.05) is 19.8 Å². The molecule has 1 aliphatic heterocycles. The molecule has 4 nitrogen and oxygen atoms in total. The van der Waals surface area contributed by atoms with Crippen molar-refractivity contribution < 1.29 is 13.2 Å². The normalized spacial score (nSPS) is 19.7. The van der Waals surface area contributed by atoms with Crippen molar-refractivity contribution >= 4 is 20.8 Å². The first kappa shape index (κ1) is 14.5. The maximum absolute atomic E-state index is 12.5. The van der Waals surface area contributed by atoms with E-state index in [1.54, 1.807) is 12.1 Å². The Morgan fingerprint density at radius 2 is 1.95 bits per heavy atom. The molecule has 0 saturated carbocycles. The second-order valence-electron chi connectivity index (χ2n) is 5.41. The van der Waals surface area contributed by atoms with Gasteiger partial charge in [0.15, 0.2) is 0 Å². The van der Waals surface area contributed by atoms with E-state index < -0.39 is 10.0 Å². The molecule has 1 aliphatic rings. The van der Waals surface area contributed by atoms with Gasteiger partial charge in [-0.1, -0.05) is 36.4 Å². The van der Waals surface area contributed by atoms with E-state index in [9.17, 15) is 8.42 Å². The Kier molecular flexibility index (Phi) is 4.24. The predicted molar refractivity (Wildman–Crippen MR) is 82.7 cm³/mol. The zero-order valence-electron chi connectivity index (χ0n) is 11.8. The molecule has 1 fully saturated rings. The summed E-state index contributed by atoms with van der Waals surface area (Å²) in [5, 5.41) is 1.69. The Morgan fingerprint density at radius 1 is 1.14 bits per heavy atom. The van der Waals surface area contributed by atoms with Gasteiger partial charge in [0.05, 0.1) is 11.5 Å². The fourth-order valence-electron chi connectivity index (χ4n) is 2.70. The highest BCUT2D eigenvalue weighted by atomic mass is 32.2. The summed E-state index contributed by atoms with van der Waals surface area (Å²) in [7, 11) is -3.49. The quantitative estimate of drug-likeness (QED) is 0.944. The van der Waals surface area contributed by atoms with Gasteiger partial charge in [0, 0.05) is 18.5 Å². The first-order valence-corrected chi connectivity index (χ1v) is 8.70. The molecule has 0 bridgehead atoms. The van der Waals surface area contributed by atoms with Crippen molar-refractivity contribution in [3.05, 3.63) is 42.5 Å². The van der Waals surface area contributed by atoms with Crippen LogP contribution >= 0.6 is 0 Å². The molecule has 1 atom stereocenters. The summed E-state index contributed by atoms with van der Waals surface area (Å²) in [5.74, 6) is 0.267. The van der Waals surface area contributed by atoms with Crippen molar-refractivity contribution in [3.63, 3.8) is 0 Å². The van der Waals surface area contributed by atoms with E-state index in [1.165, 1.54) is 0 Å². The van der Waals surface area contributed by atoms with Crippen LogP contribution in [0.4, 0.5) is 0 Å². The minimum absolute atomic E-state index is 0.267. The van der Waals surface area contributed by atoms with Crippen molar-refractivity contribution in [1.82, 2.24) is 4.72 Å². The number of hydrogen-bond donors (Lipinski definition) is 1. The van der Waals surface area contributed by atoms with Gasteiger partial charge in [-0.05, 0) is 30.2 Å². The van der Waals surface area contributed by atoms with Gasteiger partial charge in [-0.25, -0.2) is 13.1 Å². The Hall–Kier alpha value is -1.43. The maximum atomic E-state index is 12.5. The summed E-state index contributed by atoms with van der Waals surface area (Å²) in [4.78, 5) is 0.345. The minimum Gasteiger partial charge on any atom is -0.381 e. The first-order valence-electron chi connectivity index (χ1n) is 7.22. The average Bonchev–Trinajstić information content (AvgIpc) is 2.53. The molecule has 0 aromatic heterocycles. The molecule has 3 rings (SSSR count). The molecule has 2 aromatic rings. The number of hydrogen-bond acceptors (Lipinski definition) is 3. The van der Waals surface area contributed by atoms with Crippen molar-refractivity contribution in [2.24, 2.45) is 5.92 Å². The summed E-state index contributed by atoms with van der Waals surface area (Å²) >= 11 is 0. The van der Waals surface area contributed by atoms with E-state index in [-0.39, 0.29) is 5.92 Å². The van der Waals surface area contributed by atoms with Gasteiger partial charge in [0.1, 0.15) is 0 Å². The van der Waals surface area contributed by atoms with Crippen LogP contribution in [0.2, 0.25) is 0 Å². The van der Waals surface area contributed by atoms with Gasteiger partial charge in [-0.2, -0.15) is 0 Å². The molecule has 1 heterocycles. The number of nitrogens with one attached hydrogen (secondary N) is 1. The molecule has 21 heavy (non-hydrogen) atoms. The molecule has 1 N–H and O–H groups in total. The fraction of sp³-hybridized carbons (Fsp3) is 0.375. The highest BCUT2D eigenvalue weighted by Gasteiger charge is 2.20. The van der Waals surface area contributed by atoms with E-state index in [0.29, 0.717) is 18.0 Å². The summed E-state index contributed by atoms with van der Waals surface area (Å²) in [6, 6.07) is 12.9. The van der Waals surface area contributed by atoms with Gasteiger partial charge in [-0.15, -0.1) is 0 Å². The lowest BCUT2D eigenvalue weighted by Crippen LogP contribution is -2.33. The zero-order valence-corrected chi connectivity index (χ0v) is 12.6. The average molecular weight is 305 g/mol. The lowest BCUT2D eigenvalue weighted by molar-refractivity contribution is 0.0568. The van der Waals surface area contributed by atoms with E-state index in [0.717, 1.165) is 30.2 Å². The summed E-state index contributed by atoms with van der Waals surface area (Å²) in [5.41, 5.74) is 0. The molecule has 0 aliphatic carbocycles. The van der Waals surface area contributed by atoms with Gasteiger partial charge < -0.3 is 4.74 Å². The Balaban J connectivity index is 1.83. The second-order valence-corrected chi connectivity index (χ2v) is 7.15. The second kappa shape index (κ2) is 6.13. The molecule has 1 saturated heterocycles. The van der Waals surface area contributed by atoms with Crippen LogP contribution < -0.4 is 4.72 Å². The van der Waals surface area contributed by atoms with Gasteiger partial charge >= 0.3 is 0 Å². The minimum atomic E-state index is -3.49. The molecule has 1 unspecified atom stereocenters. The fourth-order valence-corrected chi connectivity index (χ4v) is 4.05. The highest BCUT2D eigenvalue weighted by Crippen LogP contribution is 2.23. The monoisotopic (exact) mass is 305 g/mol. The number of rotatable bonds is 4. The summed E-state index contributed by atoms with van der Waals surface area (Å²) in [6.45, 7) is 1.86. The van der Waals surface area contributed by atoms with E-state index in [1.807, 2.05) is 30.3 Å². The van der Waals surface area contributed by atoms with Crippen LogP contribution in [-0.4, -0.2) is 28.2 Å². The first-order chi connectivity index (χ1) is 10.2. The largest absolute Gasteiger partial charge is 0.381 e. The third kappa shape index (κ3) is 3.26. The van der Waals surface area contributed by atoms with E-state index in [4.69, 9.17) is 4.74 Å².